The lowest BCUT2D eigenvalue weighted by atomic mass is 10.2. The molecule has 138 valence electrons. The molecule has 7 heteroatoms. The van der Waals surface area contributed by atoms with Crippen LogP contribution in [0.2, 0.25) is 0 Å². The van der Waals surface area contributed by atoms with E-state index in [2.05, 4.69) is 15.6 Å². The van der Waals surface area contributed by atoms with Gasteiger partial charge < -0.3 is 25.0 Å². The normalized spacial score (nSPS) is 14.4. The van der Waals surface area contributed by atoms with Crippen LogP contribution < -0.4 is 20.1 Å². The van der Waals surface area contributed by atoms with Gasteiger partial charge in [0.05, 0.1) is 27.3 Å². The maximum absolute atomic E-state index is 12.1. The maximum atomic E-state index is 12.1. The van der Waals surface area contributed by atoms with Gasteiger partial charge >= 0.3 is 0 Å². The van der Waals surface area contributed by atoms with E-state index in [9.17, 15) is 4.79 Å². The van der Waals surface area contributed by atoms with E-state index in [1.165, 1.54) is 0 Å². The van der Waals surface area contributed by atoms with Gasteiger partial charge in [0.15, 0.2) is 17.5 Å². The Bertz CT molecular complexity index is 598. The molecule has 0 aliphatic carbocycles. The van der Waals surface area contributed by atoms with Crippen LogP contribution in [0.1, 0.15) is 25.3 Å². The van der Waals surface area contributed by atoms with Gasteiger partial charge in [0.2, 0.25) is 5.91 Å². The largest absolute Gasteiger partial charge is 0.493 e. The molecule has 0 atom stereocenters. The number of hydrogen-bond acceptors (Lipinski definition) is 4. The molecule has 0 aromatic heterocycles. The van der Waals surface area contributed by atoms with Gasteiger partial charge in [0.1, 0.15) is 0 Å². The van der Waals surface area contributed by atoms with Crippen molar-refractivity contribution in [1.29, 1.82) is 0 Å². The lowest BCUT2D eigenvalue weighted by molar-refractivity contribution is -0.128. The lowest BCUT2D eigenvalue weighted by Gasteiger charge is -2.17. The third-order valence-electron chi connectivity index (χ3n) is 4.08. The molecule has 0 saturated carbocycles. The van der Waals surface area contributed by atoms with Crippen molar-refractivity contribution in [1.82, 2.24) is 15.5 Å². The molecule has 0 radical (unpaired) electrons. The second kappa shape index (κ2) is 9.76. The summed E-state index contributed by atoms with van der Waals surface area (Å²) in [6.45, 7) is 5.19. The van der Waals surface area contributed by atoms with Crippen LogP contribution in [0.15, 0.2) is 23.2 Å². The Hall–Kier alpha value is -2.44. The number of carbonyl (C=O) groups excluding carboxylic acids is 1. The van der Waals surface area contributed by atoms with Crippen LogP contribution >= 0.6 is 0 Å². The molecule has 1 fully saturated rings. The highest BCUT2D eigenvalue weighted by atomic mass is 16.5. The molecule has 1 aliphatic heterocycles. The molecule has 1 heterocycles. The number of nitrogens with one attached hydrogen (secondary N) is 2. The van der Waals surface area contributed by atoms with Gasteiger partial charge in [-0.15, -0.1) is 0 Å². The summed E-state index contributed by atoms with van der Waals surface area (Å²) in [6.07, 6.45) is 2.19. The smallest absolute Gasteiger partial charge is 0.241 e. The van der Waals surface area contributed by atoms with Crippen LogP contribution in [0.3, 0.4) is 0 Å². The number of aliphatic imine (C=N–C) groups is 1. The molecule has 25 heavy (non-hydrogen) atoms. The Labute approximate surface area is 149 Å². The maximum Gasteiger partial charge on any atom is 0.241 e. The molecule has 7 nitrogen and oxygen atoms in total. The topological polar surface area (TPSA) is 75.2 Å². The number of rotatable bonds is 7. The number of hydrogen-bond donors (Lipinski definition) is 2. The van der Waals surface area contributed by atoms with E-state index in [1.807, 2.05) is 30.0 Å². The first-order valence-electron chi connectivity index (χ1n) is 8.68. The van der Waals surface area contributed by atoms with E-state index in [-0.39, 0.29) is 12.5 Å². The molecule has 1 aromatic carbocycles. The summed E-state index contributed by atoms with van der Waals surface area (Å²) in [5, 5.41) is 6.27. The SMILES string of the molecule is CCNC(=NCc1ccc(OC)c(OC)c1)NCC(=O)N1CCCC1. The number of benzene rings is 1. The van der Waals surface area contributed by atoms with Crippen molar-refractivity contribution >= 4 is 11.9 Å². The Morgan fingerprint density at radius 2 is 1.88 bits per heavy atom. The average Bonchev–Trinajstić information content (AvgIpc) is 3.18. The molecule has 0 unspecified atom stereocenters. The molecule has 0 bridgehead atoms. The summed E-state index contributed by atoms with van der Waals surface area (Å²) in [5.74, 6) is 2.12. The second-order valence-corrected chi connectivity index (χ2v) is 5.83. The van der Waals surface area contributed by atoms with Crippen molar-refractivity contribution in [2.75, 3.05) is 40.4 Å². The summed E-state index contributed by atoms with van der Waals surface area (Å²) in [4.78, 5) is 18.6. The quantitative estimate of drug-likeness (QED) is 0.575. The van der Waals surface area contributed by atoms with Crippen molar-refractivity contribution in [3.05, 3.63) is 23.8 Å². The van der Waals surface area contributed by atoms with Crippen molar-refractivity contribution in [2.45, 2.75) is 26.3 Å². The highest BCUT2D eigenvalue weighted by molar-refractivity contribution is 5.86. The number of carbonyl (C=O) groups is 1. The summed E-state index contributed by atoms with van der Waals surface area (Å²) < 4.78 is 10.6. The van der Waals surface area contributed by atoms with E-state index in [0.29, 0.717) is 24.0 Å². The fraction of sp³-hybridized carbons (Fsp3) is 0.556. The number of amides is 1. The van der Waals surface area contributed by atoms with Crippen LogP contribution in [0.5, 0.6) is 11.5 Å². The Morgan fingerprint density at radius 3 is 2.52 bits per heavy atom. The third-order valence-corrected chi connectivity index (χ3v) is 4.08. The molecule has 1 aliphatic rings. The van der Waals surface area contributed by atoms with Crippen LogP contribution in [0.25, 0.3) is 0 Å². The van der Waals surface area contributed by atoms with Crippen molar-refractivity contribution in [3.8, 4) is 11.5 Å². The molecule has 0 spiro atoms. The first kappa shape index (κ1) is 18.9. The van der Waals surface area contributed by atoms with Crippen molar-refractivity contribution < 1.29 is 14.3 Å². The zero-order valence-corrected chi connectivity index (χ0v) is 15.3. The van der Waals surface area contributed by atoms with Crippen molar-refractivity contribution in [2.24, 2.45) is 4.99 Å². The van der Waals surface area contributed by atoms with Gasteiger partial charge in [0.25, 0.3) is 0 Å². The minimum Gasteiger partial charge on any atom is -0.493 e. The summed E-state index contributed by atoms with van der Waals surface area (Å²) in [7, 11) is 3.22. The molecular weight excluding hydrogens is 320 g/mol. The number of ether oxygens (including phenoxy) is 2. The highest BCUT2D eigenvalue weighted by Gasteiger charge is 2.17. The molecule has 1 amide bonds. The summed E-state index contributed by atoms with van der Waals surface area (Å²) >= 11 is 0. The van der Waals surface area contributed by atoms with Gasteiger partial charge in [-0.2, -0.15) is 0 Å². The first-order chi connectivity index (χ1) is 12.2. The zero-order valence-electron chi connectivity index (χ0n) is 15.3. The highest BCUT2D eigenvalue weighted by Crippen LogP contribution is 2.27. The first-order valence-corrected chi connectivity index (χ1v) is 8.68. The molecule has 2 rings (SSSR count). The van der Waals surface area contributed by atoms with Gasteiger partial charge in [-0.25, -0.2) is 4.99 Å². The van der Waals surface area contributed by atoms with Gasteiger partial charge in [0, 0.05) is 19.6 Å². The van der Waals surface area contributed by atoms with Gasteiger partial charge in [-0.05, 0) is 37.5 Å². The van der Waals surface area contributed by atoms with Gasteiger partial charge in [-0.3, -0.25) is 4.79 Å². The van der Waals surface area contributed by atoms with E-state index < -0.39 is 0 Å². The fourth-order valence-electron chi connectivity index (χ4n) is 2.73. The molecule has 2 N–H and O–H groups in total. The van der Waals surface area contributed by atoms with E-state index in [1.54, 1.807) is 14.2 Å². The molecular formula is C18H28N4O3. The Morgan fingerprint density at radius 1 is 1.16 bits per heavy atom. The second-order valence-electron chi connectivity index (χ2n) is 5.83. The predicted molar refractivity (Wildman–Crippen MR) is 98.2 cm³/mol. The van der Waals surface area contributed by atoms with Crippen molar-refractivity contribution in [3.63, 3.8) is 0 Å². The number of methoxy groups -OCH3 is 2. The van der Waals surface area contributed by atoms with E-state index >= 15 is 0 Å². The van der Waals surface area contributed by atoms with Crippen LogP contribution in [0.4, 0.5) is 0 Å². The number of nitrogens with zero attached hydrogens (tertiary/aromatic N) is 2. The third kappa shape index (κ3) is 5.55. The standard InChI is InChI=1S/C18H28N4O3/c1-4-19-18(21-13-17(23)22-9-5-6-10-22)20-12-14-7-8-15(24-2)16(11-14)25-3/h7-8,11H,4-6,9-10,12-13H2,1-3H3,(H2,19,20,21). The van der Waals surface area contributed by atoms with E-state index in [0.717, 1.165) is 38.0 Å². The molecule has 1 saturated heterocycles. The minimum atomic E-state index is 0.120. The lowest BCUT2D eigenvalue weighted by Crippen LogP contribution is -2.44. The van der Waals surface area contributed by atoms with E-state index in [4.69, 9.17) is 9.47 Å². The average molecular weight is 348 g/mol. The summed E-state index contributed by atoms with van der Waals surface area (Å²) in [6, 6.07) is 5.71. The number of guanidine groups is 1. The predicted octanol–water partition coefficient (Wildman–Crippen LogP) is 1.38. The Balaban J connectivity index is 1.95. The fourth-order valence-corrected chi connectivity index (χ4v) is 2.73. The zero-order chi connectivity index (χ0) is 18.1. The summed E-state index contributed by atoms with van der Waals surface area (Å²) in [5.41, 5.74) is 1.00. The number of likely N-dealkylation sites (tertiary alicyclic amines) is 1. The molecule has 1 aromatic rings. The van der Waals surface area contributed by atoms with Gasteiger partial charge in [-0.1, -0.05) is 6.07 Å². The van der Waals surface area contributed by atoms with Crippen LogP contribution in [0, 0.1) is 0 Å². The van der Waals surface area contributed by atoms with Crippen LogP contribution in [-0.4, -0.2) is 57.2 Å². The van der Waals surface area contributed by atoms with Crippen LogP contribution in [-0.2, 0) is 11.3 Å². The minimum absolute atomic E-state index is 0.120. The monoisotopic (exact) mass is 348 g/mol. The Kier molecular flexibility index (Phi) is 7.37.